The maximum Gasteiger partial charge on any atom is 0.341 e. The summed E-state index contributed by atoms with van der Waals surface area (Å²) >= 11 is 0. The molecule has 3 rings (SSSR count). The number of carbonyl (C=O) groups excluding carboxylic acids is 1. The van der Waals surface area contributed by atoms with Crippen LogP contribution in [0, 0.1) is 6.92 Å². The number of hydrogen-bond acceptors (Lipinski definition) is 6. The molecular weight excluding hydrogens is 304 g/mol. The zero-order valence-corrected chi connectivity index (χ0v) is 14.1. The first-order chi connectivity index (χ1) is 11.7. The number of aryl methyl sites for hydroxylation is 1. The molecule has 6 nitrogen and oxygen atoms in total. The van der Waals surface area contributed by atoms with Crippen LogP contribution < -0.4 is 9.80 Å². The highest BCUT2D eigenvalue weighted by atomic mass is 16.5. The van der Waals surface area contributed by atoms with Crippen LogP contribution in [-0.2, 0) is 4.74 Å². The SMILES string of the molecule is COC(=O)c1cccnc1N1CCCN(c2ncccc2C)CC1. The predicted molar refractivity (Wildman–Crippen MR) is 93.6 cm³/mol. The minimum atomic E-state index is -0.347. The lowest BCUT2D eigenvalue weighted by Crippen LogP contribution is -2.32. The maximum atomic E-state index is 12.0. The van der Waals surface area contributed by atoms with Crippen molar-refractivity contribution >= 4 is 17.6 Å². The number of nitrogens with zero attached hydrogens (tertiary/aromatic N) is 4. The van der Waals surface area contributed by atoms with Gasteiger partial charge in [0.2, 0.25) is 0 Å². The number of pyridine rings is 2. The van der Waals surface area contributed by atoms with E-state index in [1.54, 1.807) is 18.3 Å². The molecule has 24 heavy (non-hydrogen) atoms. The molecule has 2 aromatic rings. The summed E-state index contributed by atoms with van der Waals surface area (Å²) in [6.07, 6.45) is 4.53. The third-order valence-corrected chi connectivity index (χ3v) is 4.27. The molecule has 0 spiro atoms. The molecule has 0 atom stereocenters. The first kappa shape index (κ1) is 16.2. The van der Waals surface area contributed by atoms with Gasteiger partial charge in [-0.05, 0) is 37.1 Å². The van der Waals surface area contributed by atoms with Gasteiger partial charge in [-0.2, -0.15) is 0 Å². The summed E-state index contributed by atoms with van der Waals surface area (Å²) in [5.41, 5.74) is 1.70. The summed E-state index contributed by atoms with van der Waals surface area (Å²) in [6, 6.07) is 7.56. The quantitative estimate of drug-likeness (QED) is 0.807. The summed E-state index contributed by atoms with van der Waals surface area (Å²) < 4.78 is 4.88. The fraction of sp³-hybridized carbons (Fsp3) is 0.389. The Balaban J connectivity index is 1.79. The van der Waals surface area contributed by atoms with Crippen LogP contribution in [-0.4, -0.2) is 49.2 Å². The average Bonchev–Trinajstić information content (AvgIpc) is 2.87. The molecule has 0 N–H and O–H groups in total. The van der Waals surface area contributed by atoms with E-state index < -0.39 is 0 Å². The fourth-order valence-corrected chi connectivity index (χ4v) is 3.07. The molecule has 0 aromatic carbocycles. The van der Waals surface area contributed by atoms with E-state index in [1.807, 2.05) is 12.3 Å². The number of esters is 1. The molecule has 2 aromatic heterocycles. The van der Waals surface area contributed by atoms with Gasteiger partial charge in [-0.1, -0.05) is 6.07 Å². The lowest BCUT2D eigenvalue weighted by molar-refractivity contribution is 0.0601. The highest BCUT2D eigenvalue weighted by Gasteiger charge is 2.22. The Hall–Kier alpha value is -2.63. The van der Waals surface area contributed by atoms with E-state index >= 15 is 0 Å². The van der Waals surface area contributed by atoms with Crippen molar-refractivity contribution in [3.63, 3.8) is 0 Å². The van der Waals surface area contributed by atoms with Crippen LogP contribution in [0.2, 0.25) is 0 Å². The maximum absolute atomic E-state index is 12.0. The van der Waals surface area contributed by atoms with E-state index in [1.165, 1.54) is 12.7 Å². The van der Waals surface area contributed by atoms with Gasteiger partial charge in [0, 0.05) is 38.6 Å². The summed E-state index contributed by atoms with van der Waals surface area (Å²) in [5.74, 6) is 1.39. The van der Waals surface area contributed by atoms with Gasteiger partial charge in [0.1, 0.15) is 17.2 Å². The number of rotatable bonds is 3. The molecule has 1 aliphatic heterocycles. The van der Waals surface area contributed by atoms with Crippen LogP contribution in [0.4, 0.5) is 11.6 Å². The van der Waals surface area contributed by atoms with Gasteiger partial charge in [0.25, 0.3) is 0 Å². The first-order valence-electron chi connectivity index (χ1n) is 8.15. The van der Waals surface area contributed by atoms with Crippen LogP contribution in [0.1, 0.15) is 22.3 Å². The van der Waals surface area contributed by atoms with Gasteiger partial charge in [-0.25, -0.2) is 14.8 Å². The summed E-state index contributed by atoms with van der Waals surface area (Å²) in [6.45, 7) is 5.50. The second kappa shape index (κ2) is 7.29. The highest BCUT2D eigenvalue weighted by molar-refractivity contribution is 5.94. The Morgan fingerprint density at radius 3 is 2.29 bits per heavy atom. The number of anilines is 2. The van der Waals surface area contributed by atoms with Crippen molar-refractivity contribution in [3.05, 3.63) is 47.8 Å². The van der Waals surface area contributed by atoms with Crippen molar-refractivity contribution in [2.24, 2.45) is 0 Å². The van der Waals surface area contributed by atoms with E-state index in [0.717, 1.165) is 38.4 Å². The number of hydrogen-bond donors (Lipinski definition) is 0. The molecule has 1 saturated heterocycles. The van der Waals surface area contributed by atoms with E-state index in [4.69, 9.17) is 4.74 Å². The smallest absolute Gasteiger partial charge is 0.341 e. The molecule has 3 heterocycles. The Labute approximate surface area is 142 Å². The van der Waals surface area contributed by atoms with Crippen molar-refractivity contribution in [1.82, 2.24) is 9.97 Å². The van der Waals surface area contributed by atoms with E-state index in [0.29, 0.717) is 11.4 Å². The van der Waals surface area contributed by atoms with Crippen LogP contribution in [0.25, 0.3) is 0 Å². The van der Waals surface area contributed by atoms with E-state index in [2.05, 4.69) is 32.8 Å². The average molecular weight is 326 g/mol. The van der Waals surface area contributed by atoms with E-state index in [-0.39, 0.29) is 5.97 Å². The van der Waals surface area contributed by atoms with Gasteiger partial charge in [0.05, 0.1) is 7.11 Å². The summed E-state index contributed by atoms with van der Waals surface area (Å²) in [5, 5.41) is 0. The van der Waals surface area contributed by atoms with E-state index in [9.17, 15) is 4.79 Å². The minimum absolute atomic E-state index is 0.347. The Morgan fingerprint density at radius 1 is 1.00 bits per heavy atom. The molecule has 6 heteroatoms. The van der Waals surface area contributed by atoms with Crippen LogP contribution in [0.3, 0.4) is 0 Å². The Bertz CT molecular complexity index is 720. The standard InChI is InChI=1S/C18H22N4O2/c1-14-6-3-8-19-16(14)21-10-5-11-22(13-12-21)17-15(18(23)24-2)7-4-9-20-17/h3-4,6-9H,5,10-13H2,1-2H3. The Morgan fingerprint density at radius 2 is 1.62 bits per heavy atom. The fourth-order valence-electron chi connectivity index (χ4n) is 3.07. The molecule has 0 bridgehead atoms. The Kier molecular flexibility index (Phi) is 4.93. The normalized spacial score (nSPS) is 15.1. The first-order valence-corrected chi connectivity index (χ1v) is 8.15. The number of methoxy groups -OCH3 is 1. The van der Waals surface area contributed by atoms with Gasteiger partial charge in [-0.3, -0.25) is 0 Å². The molecule has 0 radical (unpaired) electrons. The molecule has 1 fully saturated rings. The topological polar surface area (TPSA) is 58.6 Å². The van der Waals surface area contributed by atoms with Crippen molar-refractivity contribution in [2.45, 2.75) is 13.3 Å². The second-order valence-electron chi connectivity index (χ2n) is 5.84. The molecular formula is C18H22N4O2. The van der Waals surface area contributed by atoms with Crippen molar-refractivity contribution in [1.29, 1.82) is 0 Å². The molecule has 0 saturated carbocycles. The third kappa shape index (κ3) is 3.32. The molecule has 1 aliphatic rings. The lowest BCUT2D eigenvalue weighted by Gasteiger charge is -2.25. The van der Waals surface area contributed by atoms with Crippen molar-refractivity contribution < 1.29 is 9.53 Å². The molecule has 126 valence electrons. The molecule has 0 aliphatic carbocycles. The van der Waals surface area contributed by atoms with Gasteiger partial charge >= 0.3 is 5.97 Å². The monoisotopic (exact) mass is 326 g/mol. The highest BCUT2D eigenvalue weighted by Crippen LogP contribution is 2.22. The van der Waals surface area contributed by atoms with Crippen LogP contribution in [0.15, 0.2) is 36.7 Å². The molecule has 0 amide bonds. The number of aromatic nitrogens is 2. The number of ether oxygens (including phenoxy) is 1. The minimum Gasteiger partial charge on any atom is -0.465 e. The summed E-state index contributed by atoms with van der Waals surface area (Å²) in [7, 11) is 1.40. The van der Waals surface area contributed by atoms with Gasteiger partial charge < -0.3 is 14.5 Å². The zero-order valence-electron chi connectivity index (χ0n) is 14.1. The number of carbonyl (C=O) groups is 1. The third-order valence-electron chi connectivity index (χ3n) is 4.27. The lowest BCUT2D eigenvalue weighted by atomic mass is 10.2. The van der Waals surface area contributed by atoms with Gasteiger partial charge in [-0.15, -0.1) is 0 Å². The largest absolute Gasteiger partial charge is 0.465 e. The predicted octanol–water partition coefficient (Wildman–Crippen LogP) is 2.29. The second-order valence-corrected chi connectivity index (χ2v) is 5.84. The van der Waals surface area contributed by atoms with Crippen LogP contribution in [0.5, 0.6) is 0 Å². The van der Waals surface area contributed by atoms with Crippen molar-refractivity contribution in [2.75, 3.05) is 43.1 Å². The van der Waals surface area contributed by atoms with Crippen LogP contribution >= 0.6 is 0 Å². The molecule has 0 unspecified atom stereocenters. The zero-order chi connectivity index (χ0) is 16.9. The van der Waals surface area contributed by atoms with Crippen molar-refractivity contribution in [3.8, 4) is 0 Å². The van der Waals surface area contributed by atoms with Gasteiger partial charge in [0.15, 0.2) is 0 Å². The summed E-state index contributed by atoms with van der Waals surface area (Å²) in [4.78, 5) is 25.4.